The molecule has 1 unspecified atom stereocenters. The number of nitrogens with zero attached hydrogens (tertiary/aromatic N) is 1. The standard InChI is InChI=1S/C8H16N2O2S/c1-4-12-7(11)5-10(3)6(2)8(9)13/h6H,4-5H2,1-3H3,(H2,9,13). The Labute approximate surface area is 84.0 Å². The number of nitrogens with two attached hydrogens (primary N) is 1. The van der Waals surface area contributed by atoms with Crippen LogP contribution in [0.5, 0.6) is 0 Å². The van der Waals surface area contributed by atoms with Gasteiger partial charge in [-0.3, -0.25) is 9.69 Å². The smallest absolute Gasteiger partial charge is 0.320 e. The van der Waals surface area contributed by atoms with Crippen LogP contribution in [0.1, 0.15) is 13.8 Å². The van der Waals surface area contributed by atoms with Gasteiger partial charge in [0.25, 0.3) is 0 Å². The Hall–Kier alpha value is -0.680. The molecule has 2 N–H and O–H groups in total. The van der Waals surface area contributed by atoms with Gasteiger partial charge < -0.3 is 10.5 Å². The first-order chi connectivity index (χ1) is 5.99. The minimum Gasteiger partial charge on any atom is -0.465 e. The predicted molar refractivity (Wildman–Crippen MR) is 55.5 cm³/mol. The number of rotatable bonds is 5. The van der Waals surface area contributed by atoms with Gasteiger partial charge in [0.2, 0.25) is 0 Å². The van der Waals surface area contributed by atoms with Crippen molar-refractivity contribution in [1.82, 2.24) is 4.90 Å². The van der Waals surface area contributed by atoms with E-state index < -0.39 is 0 Å². The van der Waals surface area contributed by atoms with Gasteiger partial charge in [0, 0.05) is 0 Å². The third-order valence-corrected chi connectivity index (χ3v) is 2.10. The summed E-state index contributed by atoms with van der Waals surface area (Å²) in [5, 5.41) is 0. The molecular weight excluding hydrogens is 188 g/mol. The van der Waals surface area contributed by atoms with Crippen LogP contribution < -0.4 is 5.73 Å². The molecule has 13 heavy (non-hydrogen) atoms. The molecule has 4 nitrogen and oxygen atoms in total. The van der Waals surface area contributed by atoms with E-state index in [1.165, 1.54) is 0 Å². The number of thiocarbonyl (C=S) groups is 1. The summed E-state index contributed by atoms with van der Waals surface area (Å²) in [5.74, 6) is -0.256. The summed E-state index contributed by atoms with van der Waals surface area (Å²) in [7, 11) is 1.78. The number of carbonyl (C=O) groups excluding carboxylic acids is 1. The first-order valence-corrected chi connectivity index (χ1v) is 4.55. The summed E-state index contributed by atoms with van der Waals surface area (Å²) >= 11 is 4.80. The van der Waals surface area contributed by atoms with E-state index in [-0.39, 0.29) is 18.6 Å². The highest BCUT2D eigenvalue weighted by Gasteiger charge is 2.15. The maximum atomic E-state index is 11.0. The topological polar surface area (TPSA) is 55.6 Å². The van der Waals surface area contributed by atoms with Crippen LogP contribution in [0.2, 0.25) is 0 Å². The second-order valence-electron chi connectivity index (χ2n) is 2.80. The highest BCUT2D eigenvalue weighted by Crippen LogP contribution is 1.96. The Balaban J connectivity index is 3.92. The van der Waals surface area contributed by atoms with Gasteiger partial charge in [0.15, 0.2) is 0 Å². The van der Waals surface area contributed by atoms with Crippen LogP contribution in [-0.4, -0.2) is 42.1 Å². The molecule has 0 aromatic heterocycles. The minimum absolute atomic E-state index is 0.0839. The van der Waals surface area contributed by atoms with Gasteiger partial charge in [0.1, 0.15) is 0 Å². The van der Waals surface area contributed by atoms with Crippen molar-refractivity contribution in [2.45, 2.75) is 19.9 Å². The Morgan fingerprint density at radius 3 is 2.62 bits per heavy atom. The van der Waals surface area contributed by atoms with Crippen molar-refractivity contribution in [3.05, 3.63) is 0 Å². The molecule has 5 heteroatoms. The lowest BCUT2D eigenvalue weighted by molar-refractivity contribution is -0.144. The number of hydrogen-bond donors (Lipinski definition) is 1. The SMILES string of the molecule is CCOC(=O)CN(C)C(C)C(N)=S. The lowest BCUT2D eigenvalue weighted by Gasteiger charge is -2.22. The molecule has 0 aliphatic rings. The van der Waals surface area contributed by atoms with Crippen molar-refractivity contribution in [3.63, 3.8) is 0 Å². The molecule has 0 aromatic rings. The van der Waals surface area contributed by atoms with E-state index >= 15 is 0 Å². The molecule has 0 spiro atoms. The predicted octanol–water partition coefficient (Wildman–Crippen LogP) is 0.156. The first-order valence-electron chi connectivity index (χ1n) is 4.14. The van der Waals surface area contributed by atoms with E-state index in [1.54, 1.807) is 18.9 Å². The summed E-state index contributed by atoms with van der Waals surface area (Å²) in [5.41, 5.74) is 5.42. The lowest BCUT2D eigenvalue weighted by atomic mass is 10.3. The van der Waals surface area contributed by atoms with Gasteiger partial charge >= 0.3 is 5.97 Å². The van der Waals surface area contributed by atoms with E-state index in [4.69, 9.17) is 22.7 Å². The zero-order chi connectivity index (χ0) is 10.4. The third-order valence-electron chi connectivity index (χ3n) is 1.76. The van der Waals surface area contributed by atoms with Gasteiger partial charge in [0.05, 0.1) is 24.2 Å². The summed E-state index contributed by atoms with van der Waals surface area (Å²) in [6.07, 6.45) is 0. The van der Waals surface area contributed by atoms with Crippen LogP contribution in [-0.2, 0) is 9.53 Å². The van der Waals surface area contributed by atoms with Crippen LogP contribution in [0.3, 0.4) is 0 Å². The maximum Gasteiger partial charge on any atom is 0.320 e. The van der Waals surface area contributed by atoms with E-state index in [9.17, 15) is 4.79 Å². The normalized spacial score (nSPS) is 12.6. The summed E-state index contributed by atoms with van der Waals surface area (Å²) in [6.45, 7) is 4.23. The van der Waals surface area contributed by atoms with E-state index in [2.05, 4.69) is 0 Å². The summed E-state index contributed by atoms with van der Waals surface area (Å²) in [6, 6.07) is -0.0839. The fourth-order valence-electron chi connectivity index (χ4n) is 0.764. The molecule has 0 aliphatic carbocycles. The quantitative estimate of drug-likeness (QED) is 0.510. The molecule has 0 aromatic carbocycles. The van der Waals surface area contributed by atoms with Gasteiger partial charge in [-0.1, -0.05) is 12.2 Å². The van der Waals surface area contributed by atoms with E-state index in [1.807, 2.05) is 6.92 Å². The molecular formula is C8H16N2O2S. The summed E-state index contributed by atoms with van der Waals surface area (Å²) < 4.78 is 4.78. The molecule has 0 amide bonds. The number of carbonyl (C=O) groups is 1. The Bertz CT molecular complexity index is 197. The molecule has 0 heterocycles. The molecule has 0 aliphatic heterocycles. The Morgan fingerprint density at radius 2 is 2.23 bits per heavy atom. The van der Waals surface area contributed by atoms with Crippen molar-refractivity contribution in [3.8, 4) is 0 Å². The highest BCUT2D eigenvalue weighted by atomic mass is 32.1. The highest BCUT2D eigenvalue weighted by molar-refractivity contribution is 7.80. The van der Waals surface area contributed by atoms with Crippen molar-refractivity contribution >= 4 is 23.2 Å². The van der Waals surface area contributed by atoms with Crippen LogP contribution in [0, 0.1) is 0 Å². The molecule has 0 rings (SSSR count). The lowest BCUT2D eigenvalue weighted by Crippen LogP contribution is -2.42. The van der Waals surface area contributed by atoms with Crippen LogP contribution in [0.25, 0.3) is 0 Å². The maximum absolute atomic E-state index is 11.0. The molecule has 0 saturated carbocycles. The molecule has 0 bridgehead atoms. The van der Waals surface area contributed by atoms with Gasteiger partial charge in [-0.25, -0.2) is 0 Å². The van der Waals surface area contributed by atoms with Crippen molar-refractivity contribution in [2.75, 3.05) is 20.2 Å². The van der Waals surface area contributed by atoms with Gasteiger partial charge in [-0.05, 0) is 20.9 Å². The molecule has 0 radical (unpaired) electrons. The monoisotopic (exact) mass is 204 g/mol. The fourth-order valence-corrected chi connectivity index (χ4v) is 0.944. The van der Waals surface area contributed by atoms with Crippen LogP contribution in [0.4, 0.5) is 0 Å². The second-order valence-corrected chi connectivity index (χ2v) is 3.27. The van der Waals surface area contributed by atoms with Gasteiger partial charge in [-0.2, -0.15) is 0 Å². The minimum atomic E-state index is -0.256. The third kappa shape index (κ3) is 4.80. The van der Waals surface area contributed by atoms with Crippen molar-refractivity contribution in [1.29, 1.82) is 0 Å². The van der Waals surface area contributed by atoms with Gasteiger partial charge in [-0.15, -0.1) is 0 Å². The average Bonchev–Trinajstić information content (AvgIpc) is 2.03. The number of hydrogen-bond acceptors (Lipinski definition) is 4. The number of ether oxygens (including phenoxy) is 1. The Morgan fingerprint density at radius 1 is 1.69 bits per heavy atom. The van der Waals surface area contributed by atoms with E-state index in [0.29, 0.717) is 11.6 Å². The van der Waals surface area contributed by atoms with Crippen molar-refractivity contribution in [2.24, 2.45) is 5.73 Å². The van der Waals surface area contributed by atoms with Crippen LogP contribution >= 0.6 is 12.2 Å². The summed E-state index contributed by atoms with van der Waals surface area (Å²) in [4.78, 5) is 13.2. The molecule has 1 atom stereocenters. The zero-order valence-electron chi connectivity index (χ0n) is 8.24. The molecule has 0 saturated heterocycles. The zero-order valence-corrected chi connectivity index (χ0v) is 9.06. The second kappa shape index (κ2) is 5.88. The first kappa shape index (κ1) is 12.3. The largest absolute Gasteiger partial charge is 0.465 e. The van der Waals surface area contributed by atoms with Crippen LogP contribution in [0.15, 0.2) is 0 Å². The van der Waals surface area contributed by atoms with E-state index in [0.717, 1.165) is 0 Å². The fraction of sp³-hybridized carbons (Fsp3) is 0.750. The molecule has 76 valence electrons. The Kier molecular flexibility index (Phi) is 5.57. The average molecular weight is 204 g/mol. The number of esters is 1. The number of likely N-dealkylation sites (N-methyl/N-ethyl adjacent to an activating group) is 1. The van der Waals surface area contributed by atoms with Crippen molar-refractivity contribution < 1.29 is 9.53 Å². The molecule has 0 fully saturated rings.